The lowest BCUT2D eigenvalue weighted by molar-refractivity contribution is 0.281. The van der Waals surface area contributed by atoms with E-state index in [0.29, 0.717) is 15.7 Å². The van der Waals surface area contributed by atoms with Crippen LogP contribution in [-0.2, 0) is 23.2 Å². The molecule has 0 amide bonds. The van der Waals surface area contributed by atoms with Crippen LogP contribution in [0.15, 0.2) is 46.2 Å². The summed E-state index contributed by atoms with van der Waals surface area (Å²) < 4.78 is 27.3. The molecule has 20 heavy (non-hydrogen) atoms. The Balaban J connectivity index is 2.22. The molecule has 0 spiro atoms. The number of hydrogen-bond acceptors (Lipinski definition) is 5. The van der Waals surface area contributed by atoms with Crippen molar-refractivity contribution in [2.45, 2.75) is 18.0 Å². The maximum absolute atomic E-state index is 12.2. The van der Waals surface area contributed by atoms with Gasteiger partial charge in [0.05, 0.1) is 23.7 Å². The van der Waals surface area contributed by atoms with Crippen LogP contribution in [0.5, 0.6) is 0 Å². The molecule has 106 valence electrons. The summed E-state index contributed by atoms with van der Waals surface area (Å²) in [5.41, 5.74) is 1.09. The van der Waals surface area contributed by atoms with E-state index in [-0.39, 0.29) is 18.0 Å². The van der Waals surface area contributed by atoms with E-state index >= 15 is 0 Å². The van der Waals surface area contributed by atoms with E-state index in [2.05, 4.69) is 30.6 Å². The van der Waals surface area contributed by atoms with Gasteiger partial charge in [-0.05, 0) is 39.7 Å². The van der Waals surface area contributed by atoms with Gasteiger partial charge in [0.2, 0.25) is 10.0 Å². The minimum atomic E-state index is -3.69. The van der Waals surface area contributed by atoms with Crippen LogP contribution < -0.4 is 4.72 Å². The van der Waals surface area contributed by atoms with Crippen LogP contribution in [0.1, 0.15) is 11.3 Å². The SMILES string of the molecule is O=S(=O)(NCc1ccncn1)c1cc(CO)ccc1Br. The number of benzene rings is 1. The van der Waals surface area contributed by atoms with E-state index in [4.69, 9.17) is 5.11 Å². The first-order valence-electron chi connectivity index (χ1n) is 5.67. The van der Waals surface area contributed by atoms with Gasteiger partial charge in [-0.1, -0.05) is 6.07 Å². The molecule has 1 aromatic heterocycles. The Bertz CT molecular complexity index is 692. The highest BCUT2D eigenvalue weighted by Crippen LogP contribution is 2.23. The molecule has 0 saturated heterocycles. The third-order valence-corrected chi connectivity index (χ3v) is 4.95. The van der Waals surface area contributed by atoms with Crippen LogP contribution in [0.3, 0.4) is 0 Å². The van der Waals surface area contributed by atoms with Crippen molar-refractivity contribution in [1.82, 2.24) is 14.7 Å². The molecule has 0 aliphatic rings. The Kier molecular flexibility index (Phi) is 4.81. The van der Waals surface area contributed by atoms with Gasteiger partial charge in [0, 0.05) is 10.7 Å². The van der Waals surface area contributed by atoms with Crippen molar-refractivity contribution in [3.8, 4) is 0 Å². The van der Waals surface area contributed by atoms with Crippen molar-refractivity contribution in [1.29, 1.82) is 0 Å². The van der Waals surface area contributed by atoms with Crippen molar-refractivity contribution in [2.24, 2.45) is 0 Å². The lowest BCUT2D eigenvalue weighted by atomic mass is 10.2. The van der Waals surface area contributed by atoms with Crippen LogP contribution in [-0.4, -0.2) is 23.5 Å². The van der Waals surface area contributed by atoms with Gasteiger partial charge in [0.1, 0.15) is 6.33 Å². The summed E-state index contributed by atoms with van der Waals surface area (Å²) >= 11 is 3.20. The first-order chi connectivity index (χ1) is 9.53. The van der Waals surface area contributed by atoms with Crippen molar-refractivity contribution >= 4 is 26.0 Å². The van der Waals surface area contributed by atoms with E-state index in [1.807, 2.05) is 0 Å². The molecule has 1 heterocycles. The second-order valence-corrected chi connectivity index (χ2v) is 6.54. The van der Waals surface area contributed by atoms with Gasteiger partial charge in [0.15, 0.2) is 0 Å². The van der Waals surface area contributed by atoms with Crippen molar-refractivity contribution in [3.05, 3.63) is 52.5 Å². The molecule has 6 nitrogen and oxygen atoms in total. The molecule has 1 aromatic carbocycles. The Morgan fingerprint density at radius 1 is 1.30 bits per heavy atom. The van der Waals surface area contributed by atoms with Crippen LogP contribution >= 0.6 is 15.9 Å². The standard InChI is InChI=1S/C12H12BrN3O3S/c13-11-2-1-9(7-17)5-12(11)20(18,19)16-6-10-3-4-14-8-15-10/h1-5,8,16-17H,6-7H2. The highest BCUT2D eigenvalue weighted by molar-refractivity contribution is 9.10. The second kappa shape index (κ2) is 6.40. The molecular weight excluding hydrogens is 346 g/mol. The number of rotatable bonds is 5. The molecule has 2 N–H and O–H groups in total. The molecule has 0 aliphatic heterocycles. The zero-order valence-electron chi connectivity index (χ0n) is 10.3. The largest absolute Gasteiger partial charge is 0.392 e. The minimum Gasteiger partial charge on any atom is -0.392 e. The highest BCUT2D eigenvalue weighted by Gasteiger charge is 2.18. The Hall–Kier alpha value is -1.35. The first kappa shape index (κ1) is 15.0. The number of hydrogen-bond donors (Lipinski definition) is 2. The van der Waals surface area contributed by atoms with E-state index in [0.717, 1.165) is 0 Å². The fourth-order valence-electron chi connectivity index (χ4n) is 1.52. The zero-order chi connectivity index (χ0) is 14.6. The number of aromatic nitrogens is 2. The van der Waals surface area contributed by atoms with Crippen LogP contribution in [0.25, 0.3) is 0 Å². The molecule has 2 aromatic rings. The molecule has 0 bridgehead atoms. The normalized spacial score (nSPS) is 11.5. The van der Waals surface area contributed by atoms with Gasteiger partial charge in [-0.15, -0.1) is 0 Å². The second-order valence-electron chi connectivity index (χ2n) is 3.95. The van der Waals surface area contributed by atoms with Crippen LogP contribution in [0, 0.1) is 0 Å². The molecule has 0 fully saturated rings. The summed E-state index contributed by atoms with van der Waals surface area (Å²) in [4.78, 5) is 7.78. The number of sulfonamides is 1. The molecule has 2 rings (SSSR count). The number of aliphatic hydroxyl groups excluding tert-OH is 1. The summed E-state index contributed by atoms with van der Waals surface area (Å²) in [6.07, 6.45) is 2.89. The monoisotopic (exact) mass is 357 g/mol. The summed E-state index contributed by atoms with van der Waals surface area (Å²) in [5.74, 6) is 0. The fraction of sp³-hybridized carbons (Fsp3) is 0.167. The summed E-state index contributed by atoms with van der Waals surface area (Å²) in [6, 6.07) is 6.28. The van der Waals surface area contributed by atoms with Crippen LogP contribution in [0.4, 0.5) is 0 Å². The summed E-state index contributed by atoms with van der Waals surface area (Å²) in [6.45, 7) is -0.150. The zero-order valence-corrected chi connectivity index (χ0v) is 12.7. The first-order valence-corrected chi connectivity index (χ1v) is 7.94. The predicted molar refractivity (Wildman–Crippen MR) is 76.1 cm³/mol. The maximum Gasteiger partial charge on any atom is 0.242 e. The Morgan fingerprint density at radius 2 is 2.10 bits per heavy atom. The molecule has 0 aliphatic carbocycles. The number of nitrogens with zero attached hydrogens (tertiary/aromatic N) is 2. The van der Waals surface area contributed by atoms with E-state index in [1.165, 1.54) is 12.4 Å². The van der Waals surface area contributed by atoms with E-state index in [9.17, 15) is 8.42 Å². The number of halogens is 1. The molecule has 8 heteroatoms. The van der Waals surface area contributed by atoms with Gasteiger partial charge >= 0.3 is 0 Å². The third kappa shape index (κ3) is 3.60. The highest BCUT2D eigenvalue weighted by atomic mass is 79.9. The average molecular weight is 358 g/mol. The van der Waals surface area contributed by atoms with Gasteiger partial charge in [-0.25, -0.2) is 23.1 Å². The van der Waals surface area contributed by atoms with Gasteiger partial charge in [0.25, 0.3) is 0 Å². The predicted octanol–water partition coefficient (Wildman–Crippen LogP) is 1.21. The third-order valence-electron chi connectivity index (χ3n) is 2.55. The van der Waals surface area contributed by atoms with Crippen molar-refractivity contribution in [3.63, 3.8) is 0 Å². The minimum absolute atomic E-state index is 0.0701. The number of nitrogens with one attached hydrogen (secondary N) is 1. The quantitative estimate of drug-likeness (QED) is 0.838. The molecule has 0 unspecified atom stereocenters. The molecule has 0 atom stereocenters. The van der Waals surface area contributed by atoms with E-state index in [1.54, 1.807) is 24.4 Å². The lowest BCUT2D eigenvalue weighted by Crippen LogP contribution is -2.24. The average Bonchev–Trinajstić information content (AvgIpc) is 2.47. The van der Waals surface area contributed by atoms with Crippen molar-refractivity contribution < 1.29 is 13.5 Å². The topological polar surface area (TPSA) is 92.2 Å². The molecule has 0 saturated carbocycles. The molecule has 0 radical (unpaired) electrons. The fourth-order valence-corrected chi connectivity index (χ4v) is 3.53. The van der Waals surface area contributed by atoms with Crippen molar-refractivity contribution in [2.75, 3.05) is 0 Å². The summed E-state index contributed by atoms with van der Waals surface area (Å²) in [7, 11) is -3.69. The number of aliphatic hydroxyl groups is 1. The van der Waals surface area contributed by atoms with E-state index < -0.39 is 10.0 Å². The molecular formula is C12H12BrN3O3S. The van der Waals surface area contributed by atoms with Gasteiger partial charge in [-0.2, -0.15) is 0 Å². The van der Waals surface area contributed by atoms with Gasteiger partial charge < -0.3 is 5.11 Å². The Labute approximate surface area is 125 Å². The summed E-state index contributed by atoms with van der Waals surface area (Å²) in [5, 5.41) is 9.08. The van der Waals surface area contributed by atoms with Crippen LogP contribution in [0.2, 0.25) is 0 Å². The smallest absolute Gasteiger partial charge is 0.242 e. The Morgan fingerprint density at radius 3 is 2.75 bits per heavy atom. The van der Waals surface area contributed by atoms with Gasteiger partial charge in [-0.3, -0.25) is 0 Å². The maximum atomic E-state index is 12.2. The lowest BCUT2D eigenvalue weighted by Gasteiger charge is -2.09.